The minimum Gasteiger partial charge on any atom is -0.0654 e. The molecule has 0 aromatic heterocycles. The van der Waals surface area contributed by atoms with Crippen LogP contribution in [0.15, 0.2) is 10.5 Å². The van der Waals surface area contributed by atoms with Crippen LogP contribution < -0.4 is 0 Å². The Bertz CT molecular complexity index is 407. The van der Waals surface area contributed by atoms with E-state index in [9.17, 15) is 0 Å². The number of rotatable bonds is 9. The van der Waals surface area contributed by atoms with Gasteiger partial charge in [-0.3, -0.25) is 0 Å². The Morgan fingerprint density at radius 3 is 1.90 bits per heavy atom. The topological polar surface area (TPSA) is 0 Å². The molecule has 0 heterocycles. The first-order chi connectivity index (χ1) is 9.57. The van der Waals surface area contributed by atoms with Crippen molar-refractivity contribution >= 4 is 15.9 Å². The van der Waals surface area contributed by atoms with E-state index in [1.54, 1.807) is 0 Å². The number of hydrogen-bond acceptors (Lipinski definition) is 0. The normalized spacial score (nSPS) is 11.1. The van der Waals surface area contributed by atoms with Crippen molar-refractivity contribution in [3.63, 3.8) is 0 Å². The van der Waals surface area contributed by atoms with Crippen LogP contribution >= 0.6 is 15.9 Å². The Labute approximate surface area is 134 Å². The third kappa shape index (κ3) is 5.60. The van der Waals surface area contributed by atoms with Crippen molar-refractivity contribution in [3.05, 3.63) is 32.8 Å². The van der Waals surface area contributed by atoms with E-state index in [0.717, 1.165) is 0 Å². The SMILES string of the molecule is CCCCCCCCCCc1cc(Br)c(C)c(C)c1C. The molecule has 0 aliphatic rings. The van der Waals surface area contributed by atoms with E-state index < -0.39 is 0 Å². The zero-order valence-corrected chi connectivity index (χ0v) is 15.4. The molecule has 0 N–H and O–H groups in total. The van der Waals surface area contributed by atoms with Gasteiger partial charge in [0.1, 0.15) is 0 Å². The molecule has 114 valence electrons. The van der Waals surface area contributed by atoms with Gasteiger partial charge in [0.2, 0.25) is 0 Å². The first kappa shape index (κ1) is 17.8. The molecule has 0 aliphatic carbocycles. The van der Waals surface area contributed by atoms with Crippen LogP contribution in [0.3, 0.4) is 0 Å². The van der Waals surface area contributed by atoms with E-state index in [-0.39, 0.29) is 0 Å². The van der Waals surface area contributed by atoms with Gasteiger partial charge in [0.05, 0.1) is 0 Å². The summed E-state index contributed by atoms with van der Waals surface area (Å²) in [5.41, 5.74) is 5.87. The maximum atomic E-state index is 3.69. The molecule has 0 unspecified atom stereocenters. The molecular weight excluding hydrogens is 308 g/mol. The predicted molar refractivity (Wildman–Crippen MR) is 94.7 cm³/mol. The fourth-order valence-corrected chi connectivity index (χ4v) is 3.35. The lowest BCUT2D eigenvalue weighted by atomic mass is 9.95. The summed E-state index contributed by atoms with van der Waals surface area (Å²) in [5.74, 6) is 0. The molecule has 0 atom stereocenters. The maximum Gasteiger partial charge on any atom is 0.0210 e. The molecule has 0 aliphatic heterocycles. The monoisotopic (exact) mass is 338 g/mol. The van der Waals surface area contributed by atoms with E-state index in [0.29, 0.717) is 0 Å². The van der Waals surface area contributed by atoms with Crippen molar-refractivity contribution in [1.82, 2.24) is 0 Å². The number of benzene rings is 1. The van der Waals surface area contributed by atoms with E-state index >= 15 is 0 Å². The number of hydrogen-bond donors (Lipinski definition) is 0. The molecule has 1 heteroatoms. The molecule has 1 rings (SSSR count). The molecule has 0 spiro atoms. The van der Waals surface area contributed by atoms with Gasteiger partial charge < -0.3 is 0 Å². The van der Waals surface area contributed by atoms with Crippen LogP contribution in [-0.4, -0.2) is 0 Å². The summed E-state index contributed by atoms with van der Waals surface area (Å²) in [6, 6.07) is 2.33. The Hall–Kier alpha value is -0.300. The second-order valence-corrected chi connectivity index (χ2v) is 6.97. The molecule has 0 radical (unpaired) electrons. The van der Waals surface area contributed by atoms with Crippen LogP contribution in [0.4, 0.5) is 0 Å². The van der Waals surface area contributed by atoms with Gasteiger partial charge in [-0.1, -0.05) is 67.8 Å². The average molecular weight is 339 g/mol. The van der Waals surface area contributed by atoms with Crippen LogP contribution in [0, 0.1) is 20.8 Å². The van der Waals surface area contributed by atoms with Gasteiger partial charge in [-0.2, -0.15) is 0 Å². The van der Waals surface area contributed by atoms with Crippen LogP contribution in [0.25, 0.3) is 0 Å². The van der Waals surface area contributed by atoms with Crippen molar-refractivity contribution in [3.8, 4) is 0 Å². The average Bonchev–Trinajstić information content (AvgIpc) is 2.44. The van der Waals surface area contributed by atoms with Crippen LogP contribution in [0.5, 0.6) is 0 Å². The molecule has 0 saturated carbocycles. The maximum absolute atomic E-state index is 3.69. The predicted octanol–water partition coefficient (Wildman–Crippen LogP) is 7.06. The minimum absolute atomic E-state index is 1.24. The number of unbranched alkanes of at least 4 members (excludes halogenated alkanes) is 7. The van der Waals surface area contributed by atoms with Gasteiger partial charge in [0, 0.05) is 4.47 Å². The van der Waals surface area contributed by atoms with Gasteiger partial charge in [-0.15, -0.1) is 0 Å². The van der Waals surface area contributed by atoms with Crippen molar-refractivity contribution in [2.45, 2.75) is 85.5 Å². The summed E-state index contributed by atoms with van der Waals surface area (Å²) < 4.78 is 1.27. The highest BCUT2D eigenvalue weighted by molar-refractivity contribution is 9.10. The van der Waals surface area contributed by atoms with Crippen LogP contribution in [0.2, 0.25) is 0 Å². The van der Waals surface area contributed by atoms with Crippen LogP contribution in [0.1, 0.15) is 80.5 Å². The van der Waals surface area contributed by atoms with Gasteiger partial charge >= 0.3 is 0 Å². The lowest BCUT2D eigenvalue weighted by Gasteiger charge is -2.13. The van der Waals surface area contributed by atoms with Crippen molar-refractivity contribution in [2.24, 2.45) is 0 Å². The molecular formula is C19H31Br. The second-order valence-electron chi connectivity index (χ2n) is 6.12. The quantitative estimate of drug-likeness (QED) is 0.423. The van der Waals surface area contributed by atoms with Crippen molar-refractivity contribution in [2.75, 3.05) is 0 Å². The van der Waals surface area contributed by atoms with Crippen molar-refractivity contribution in [1.29, 1.82) is 0 Å². The first-order valence-corrected chi connectivity index (χ1v) is 9.12. The molecule has 0 fully saturated rings. The summed E-state index contributed by atoms with van der Waals surface area (Å²) in [7, 11) is 0. The lowest BCUT2D eigenvalue weighted by molar-refractivity contribution is 0.575. The molecule has 1 aromatic rings. The smallest absolute Gasteiger partial charge is 0.0210 e. The van der Waals surface area contributed by atoms with E-state index in [1.165, 1.54) is 84.5 Å². The highest BCUT2D eigenvalue weighted by Crippen LogP contribution is 2.27. The van der Waals surface area contributed by atoms with Gasteiger partial charge in [-0.25, -0.2) is 0 Å². The van der Waals surface area contributed by atoms with Gasteiger partial charge in [0.25, 0.3) is 0 Å². The van der Waals surface area contributed by atoms with E-state index in [4.69, 9.17) is 0 Å². The highest BCUT2D eigenvalue weighted by Gasteiger charge is 2.07. The highest BCUT2D eigenvalue weighted by atomic mass is 79.9. The largest absolute Gasteiger partial charge is 0.0654 e. The summed E-state index contributed by atoms with van der Waals surface area (Å²) in [4.78, 5) is 0. The Morgan fingerprint density at radius 1 is 0.750 bits per heavy atom. The Kier molecular flexibility index (Phi) is 8.52. The van der Waals surface area contributed by atoms with Gasteiger partial charge in [-0.05, 0) is 61.9 Å². The fourth-order valence-electron chi connectivity index (χ4n) is 2.78. The second kappa shape index (κ2) is 9.60. The fraction of sp³-hybridized carbons (Fsp3) is 0.684. The molecule has 0 saturated heterocycles. The van der Waals surface area contributed by atoms with Crippen LogP contribution in [-0.2, 0) is 6.42 Å². The number of halogens is 1. The minimum atomic E-state index is 1.24. The van der Waals surface area contributed by atoms with E-state index in [1.807, 2.05) is 0 Å². The number of aryl methyl sites for hydroxylation is 1. The van der Waals surface area contributed by atoms with Crippen molar-refractivity contribution < 1.29 is 0 Å². The third-order valence-electron chi connectivity index (χ3n) is 4.57. The molecule has 0 bridgehead atoms. The summed E-state index contributed by atoms with van der Waals surface area (Å²) in [6.45, 7) is 9.00. The van der Waals surface area contributed by atoms with E-state index in [2.05, 4.69) is 49.7 Å². The zero-order valence-electron chi connectivity index (χ0n) is 13.8. The third-order valence-corrected chi connectivity index (χ3v) is 5.39. The zero-order chi connectivity index (χ0) is 15.0. The molecule has 20 heavy (non-hydrogen) atoms. The Balaban J connectivity index is 2.29. The molecule has 0 nitrogen and oxygen atoms in total. The standard InChI is InChI=1S/C19H31Br/c1-5-6-7-8-9-10-11-12-13-18-14-19(20)17(4)15(2)16(18)3/h14H,5-13H2,1-4H3. The molecule has 1 aromatic carbocycles. The summed E-state index contributed by atoms with van der Waals surface area (Å²) in [5, 5.41) is 0. The first-order valence-electron chi connectivity index (χ1n) is 8.33. The molecule has 0 amide bonds. The van der Waals surface area contributed by atoms with Gasteiger partial charge in [0.15, 0.2) is 0 Å². The Morgan fingerprint density at radius 2 is 1.30 bits per heavy atom. The lowest BCUT2D eigenvalue weighted by Crippen LogP contribution is -1.96. The summed E-state index contributed by atoms with van der Waals surface area (Å²) >= 11 is 3.69. The summed E-state index contributed by atoms with van der Waals surface area (Å²) in [6.07, 6.45) is 12.4.